The minimum absolute atomic E-state index is 0.0701. The van der Waals surface area contributed by atoms with Crippen molar-refractivity contribution >= 4 is 11.7 Å². The lowest BCUT2D eigenvalue weighted by Crippen LogP contribution is -2.30. The zero-order chi connectivity index (χ0) is 11.0. The summed E-state index contributed by atoms with van der Waals surface area (Å²) in [7, 11) is 0. The Morgan fingerprint density at radius 3 is 2.36 bits per heavy atom. The summed E-state index contributed by atoms with van der Waals surface area (Å²) in [5.74, 6) is 4.77. The largest absolute Gasteiger partial charge is 0.322 e. The highest BCUT2D eigenvalue weighted by atomic mass is 16.2. The summed E-state index contributed by atoms with van der Waals surface area (Å²) >= 11 is 0. The molecule has 0 rings (SSSR count). The van der Waals surface area contributed by atoms with Gasteiger partial charge in [0.2, 0.25) is 5.91 Å². The third-order valence-corrected chi connectivity index (χ3v) is 2.09. The highest BCUT2D eigenvalue weighted by Gasteiger charge is 2.10. The number of hydrazine groups is 1. The Balaban J connectivity index is 3.45. The lowest BCUT2D eigenvalue weighted by atomic mass is 10.0. The molecule has 0 aromatic heterocycles. The van der Waals surface area contributed by atoms with Gasteiger partial charge in [0.25, 0.3) is 0 Å². The van der Waals surface area contributed by atoms with Gasteiger partial charge in [-0.15, -0.1) is 0 Å². The summed E-state index contributed by atoms with van der Waals surface area (Å²) in [5.41, 5.74) is 7.57. The summed E-state index contributed by atoms with van der Waals surface area (Å²) in [6.45, 7) is 1.88. The molecule has 0 aromatic carbocycles. The molecule has 82 valence electrons. The van der Waals surface area contributed by atoms with Gasteiger partial charge in [0.1, 0.15) is 5.78 Å². The second kappa shape index (κ2) is 7.46. The predicted molar refractivity (Wildman–Crippen MR) is 54.1 cm³/mol. The summed E-state index contributed by atoms with van der Waals surface area (Å²) in [4.78, 5) is 21.9. The Morgan fingerprint density at radius 2 is 1.86 bits per heavy atom. The van der Waals surface area contributed by atoms with Crippen LogP contribution in [0, 0.1) is 0 Å². The van der Waals surface area contributed by atoms with Gasteiger partial charge in [0, 0.05) is 12.8 Å². The molecule has 0 aliphatic carbocycles. The number of unbranched alkanes of at least 4 members (excludes halogenated alkanes) is 1. The second-order valence-electron chi connectivity index (χ2n) is 3.26. The molecule has 0 heterocycles. The van der Waals surface area contributed by atoms with Crippen molar-refractivity contribution in [3.8, 4) is 0 Å². The number of rotatable bonds is 7. The third kappa shape index (κ3) is 5.66. The summed E-state index contributed by atoms with van der Waals surface area (Å²) in [6, 6.07) is -0.349. The third-order valence-electron chi connectivity index (χ3n) is 2.09. The van der Waals surface area contributed by atoms with E-state index in [9.17, 15) is 9.59 Å². The highest BCUT2D eigenvalue weighted by Crippen LogP contribution is 2.03. The quantitative estimate of drug-likeness (QED) is 0.231. The average Bonchev–Trinajstić information content (AvgIpc) is 2.22. The molecule has 1 unspecified atom stereocenters. The van der Waals surface area contributed by atoms with Crippen LogP contribution in [0.15, 0.2) is 0 Å². The monoisotopic (exact) mass is 201 g/mol. The van der Waals surface area contributed by atoms with Crippen molar-refractivity contribution in [1.29, 1.82) is 0 Å². The molecular weight excluding hydrogens is 182 g/mol. The highest BCUT2D eigenvalue weighted by molar-refractivity contribution is 5.83. The first-order valence-corrected chi connectivity index (χ1v) is 4.89. The van der Waals surface area contributed by atoms with Crippen molar-refractivity contribution in [3.05, 3.63) is 0 Å². The van der Waals surface area contributed by atoms with E-state index < -0.39 is 0 Å². The average molecular weight is 201 g/mol. The number of carbonyl (C=O) groups excluding carboxylic acids is 2. The molecule has 5 nitrogen and oxygen atoms in total. The standard InChI is InChI=1S/C9H19N3O2/c1-2-7(10)8(13)5-3-4-6-9(14)12-11/h7H,2-6,10-11H2,1H3,(H,12,14). The van der Waals surface area contributed by atoms with Crippen LogP contribution >= 0.6 is 0 Å². The Hall–Kier alpha value is -0.940. The van der Waals surface area contributed by atoms with Gasteiger partial charge in [-0.25, -0.2) is 5.84 Å². The fraction of sp³-hybridized carbons (Fsp3) is 0.778. The van der Waals surface area contributed by atoms with Crippen LogP contribution in [0.1, 0.15) is 39.0 Å². The first-order valence-electron chi connectivity index (χ1n) is 4.89. The molecule has 0 aliphatic heterocycles. The molecule has 0 radical (unpaired) electrons. The molecule has 1 amide bonds. The lowest BCUT2D eigenvalue weighted by molar-refractivity contribution is -0.122. The van der Waals surface area contributed by atoms with Crippen molar-refractivity contribution in [2.75, 3.05) is 0 Å². The van der Waals surface area contributed by atoms with Gasteiger partial charge in [-0.05, 0) is 19.3 Å². The minimum atomic E-state index is -0.349. The molecule has 0 saturated heterocycles. The van der Waals surface area contributed by atoms with E-state index in [0.717, 1.165) is 0 Å². The molecule has 0 aliphatic rings. The summed E-state index contributed by atoms with van der Waals surface area (Å²) in [6.07, 6.45) is 2.85. The van der Waals surface area contributed by atoms with Crippen LogP contribution < -0.4 is 17.0 Å². The van der Waals surface area contributed by atoms with Gasteiger partial charge in [-0.3, -0.25) is 15.0 Å². The smallest absolute Gasteiger partial charge is 0.233 e. The zero-order valence-corrected chi connectivity index (χ0v) is 8.58. The topological polar surface area (TPSA) is 98.2 Å². The molecule has 0 aromatic rings. The Kier molecular flexibility index (Phi) is 6.96. The van der Waals surface area contributed by atoms with E-state index in [0.29, 0.717) is 32.1 Å². The molecule has 0 bridgehead atoms. The van der Waals surface area contributed by atoms with Crippen LogP contribution in [0.5, 0.6) is 0 Å². The molecule has 0 fully saturated rings. The Labute approximate surface area is 84.2 Å². The maximum atomic E-state index is 11.2. The van der Waals surface area contributed by atoms with Gasteiger partial charge in [-0.1, -0.05) is 6.92 Å². The minimum Gasteiger partial charge on any atom is -0.322 e. The van der Waals surface area contributed by atoms with Gasteiger partial charge < -0.3 is 5.73 Å². The van der Waals surface area contributed by atoms with Crippen molar-refractivity contribution in [1.82, 2.24) is 5.43 Å². The van der Waals surface area contributed by atoms with Crippen LogP contribution in [0.4, 0.5) is 0 Å². The van der Waals surface area contributed by atoms with Crippen LogP contribution in [0.2, 0.25) is 0 Å². The van der Waals surface area contributed by atoms with Crippen molar-refractivity contribution < 1.29 is 9.59 Å². The molecule has 5 heteroatoms. The fourth-order valence-electron chi connectivity index (χ4n) is 1.07. The van der Waals surface area contributed by atoms with E-state index in [4.69, 9.17) is 11.6 Å². The van der Waals surface area contributed by atoms with Crippen LogP contribution in [-0.4, -0.2) is 17.7 Å². The summed E-state index contributed by atoms with van der Waals surface area (Å²) in [5, 5.41) is 0. The van der Waals surface area contributed by atoms with Crippen molar-refractivity contribution in [2.45, 2.75) is 45.1 Å². The summed E-state index contributed by atoms with van der Waals surface area (Å²) < 4.78 is 0. The van der Waals surface area contributed by atoms with E-state index in [1.165, 1.54) is 0 Å². The van der Waals surface area contributed by atoms with Crippen molar-refractivity contribution in [3.63, 3.8) is 0 Å². The molecule has 0 saturated carbocycles. The maximum absolute atomic E-state index is 11.2. The molecular formula is C9H19N3O2. The van der Waals surface area contributed by atoms with Crippen LogP contribution in [-0.2, 0) is 9.59 Å². The normalized spacial score (nSPS) is 12.2. The maximum Gasteiger partial charge on any atom is 0.233 e. The fourth-order valence-corrected chi connectivity index (χ4v) is 1.07. The number of nitrogens with two attached hydrogens (primary N) is 2. The molecule has 5 N–H and O–H groups in total. The first-order chi connectivity index (χ1) is 6.61. The van der Waals surface area contributed by atoms with Gasteiger partial charge in [0.15, 0.2) is 0 Å². The van der Waals surface area contributed by atoms with E-state index in [1.54, 1.807) is 0 Å². The number of nitrogens with one attached hydrogen (secondary N) is 1. The number of carbonyl (C=O) groups is 2. The van der Waals surface area contributed by atoms with Gasteiger partial charge >= 0.3 is 0 Å². The zero-order valence-electron chi connectivity index (χ0n) is 8.58. The van der Waals surface area contributed by atoms with E-state index >= 15 is 0 Å². The molecule has 1 atom stereocenters. The van der Waals surface area contributed by atoms with Gasteiger partial charge in [0.05, 0.1) is 6.04 Å². The Morgan fingerprint density at radius 1 is 1.29 bits per heavy atom. The van der Waals surface area contributed by atoms with E-state index in [1.807, 2.05) is 12.3 Å². The predicted octanol–water partition coefficient (Wildman–Crippen LogP) is -0.157. The number of hydrogen-bond acceptors (Lipinski definition) is 4. The number of ketones is 1. The second-order valence-corrected chi connectivity index (χ2v) is 3.26. The molecule has 0 spiro atoms. The van der Waals surface area contributed by atoms with Crippen molar-refractivity contribution in [2.24, 2.45) is 11.6 Å². The van der Waals surface area contributed by atoms with Gasteiger partial charge in [-0.2, -0.15) is 0 Å². The van der Waals surface area contributed by atoms with E-state index in [-0.39, 0.29) is 17.7 Å². The SMILES string of the molecule is CCC(N)C(=O)CCCCC(=O)NN. The van der Waals surface area contributed by atoms with Crippen LogP contribution in [0.25, 0.3) is 0 Å². The van der Waals surface area contributed by atoms with E-state index in [2.05, 4.69) is 0 Å². The number of hydrogen-bond donors (Lipinski definition) is 3. The lowest BCUT2D eigenvalue weighted by Gasteiger charge is -2.06. The Bertz CT molecular complexity index is 194. The van der Waals surface area contributed by atoms with Crippen LogP contribution in [0.3, 0.4) is 0 Å². The number of Topliss-reactive ketones (excluding diaryl/α,β-unsaturated/α-hetero) is 1. The molecule has 14 heavy (non-hydrogen) atoms. The number of amides is 1. The first kappa shape index (κ1) is 13.1.